The molecule has 0 radical (unpaired) electrons. The molecule has 1 atom stereocenters. The molecule has 0 spiro atoms. The van der Waals surface area contributed by atoms with E-state index in [9.17, 15) is 13.2 Å². The molecule has 2 N–H and O–H groups in total. The molecule has 1 rings (SSSR count). The second kappa shape index (κ2) is 4.11. The van der Waals surface area contributed by atoms with Crippen LogP contribution in [-0.2, 0) is 14.9 Å². The Balaban J connectivity index is 2.65. The lowest BCUT2D eigenvalue weighted by Gasteiger charge is -2.21. The minimum absolute atomic E-state index is 0.368. The molecule has 0 bridgehead atoms. The SMILES string of the molecule is COC(=O)N1CCNC1CS(=O)(=O)O. The first-order valence-electron chi connectivity index (χ1n) is 3.97. The Bertz CT molecular complexity index is 314. The first kappa shape index (κ1) is 11.2. The van der Waals surface area contributed by atoms with Crippen LogP contribution in [0, 0.1) is 0 Å². The third kappa shape index (κ3) is 2.82. The summed E-state index contributed by atoms with van der Waals surface area (Å²) in [5.41, 5.74) is 0. The molecule has 1 aliphatic rings. The summed E-state index contributed by atoms with van der Waals surface area (Å²) >= 11 is 0. The third-order valence-electron chi connectivity index (χ3n) is 1.89. The van der Waals surface area contributed by atoms with Crippen molar-refractivity contribution in [2.45, 2.75) is 6.17 Å². The summed E-state index contributed by atoms with van der Waals surface area (Å²) in [7, 11) is -2.88. The second-order valence-electron chi connectivity index (χ2n) is 2.88. The number of amides is 1. The van der Waals surface area contributed by atoms with Gasteiger partial charge in [0, 0.05) is 13.1 Å². The number of methoxy groups -OCH3 is 1. The smallest absolute Gasteiger partial charge is 0.410 e. The van der Waals surface area contributed by atoms with Crippen LogP contribution in [0.15, 0.2) is 0 Å². The van der Waals surface area contributed by atoms with Crippen molar-refractivity contribution in [3.05, 3.63) is 0 Å². The predicted octanol–water partition coefficient (Wildman–Crippen LogP) is -1.13. The van der Waals surface area contributed by atoms with Crippen LogP contribution in [0.4, 0.5) is 4.79 Å². The summed E-state index contributed by atoms with van der Waals surface area (Å²) in [6.45, 7) is 0.849. The third-order valence-corrected chi connectivity index (χ3v) is 2.62. The Morgan fingerprint density at radius 2 is 2.36 bits per heavy atom. The average Bonchev–Trinajstić information content (AvgIpc) is 2.48. The van der Waals surface area contributed by atoms with Gasteiger partial charge in [0.25, 0.3) is 10.1 Å². The number of hydrogen-bond acceptors (Lipinski definition) is 5. The minimum Gasteiger partial charge on any atom is -0.453 e. The highest BCUT2D eigenvalue weighted by atomic mass is 32.2. The lowest BCUT2D eigenvalue weighted by atomic mass is 10.5. The highest BCUT2D eigenvalue weighted by Gasteiger charge is 2.31. The molecule has 14 heavy (non-hydrogen) atoms. The Labute approximate surface area is 81.8 Å². The summed E-state index contributed by atoms with van der Waals surface area (Å²) < 4.78 is 34.2. The van der Waals surface area contributed by atoms with Gasteiger partial charge in [0.15, 0.2) is 0 Å². The first-order chi connectivity index (χ1) is 6.44. The molecule has 1 amide bonds. The molecule has 1 heterocycles. The van der Waals surface area contributed by atoms with Gasteiger partial charge in [0.1, 0.15) is 11.9 Å². The molecule has 8 heteroatoms. The maximum Gasteiger partial charge on any atom is 0.410 e. The molecule has 1 fully saturated rings. The lowest BCUT2D eigenvalue weighted by molar-refractivity contribution is 0.120. The van der Waals surface area contributed by atoms with Crippen LogP contribution in [0.2, 0.25) is 0 Å². The Hall–Kier alpha value is -0.860. The van der Waals surface area contributed by atoms with Crippen molar-refractivity contribution in [2.24, 2.45) is 0 Å². The zero-order valence-corrected chi connectivity index (χ0v) is 8.45. The van der Waals surface area contributed by atoms with Gasteiger partial charge in [-0.3, -0.25) is 14.8 Å². The average molecular weight is 224 g/mol. The molecular formula is C6H12N2O5S. The number of carbonyl (C=O) groups excluding carboxylic acids is 1. The van der Waals surface area contributed by atoms with Crippen LogP contribution in [0.25, 0.3) is 0 Å². The number of ether oxygens (including phenoxy) is 1. The van der Waals surface area contributed by atoms with Crippen LogP contribution in [0.3, 0.4) is 0 Å². The molecule has 0 aliphatic carbocycles. The Morgan fingerprint density at radius 3 is 2.86 bits per heavy atom. The topological polar surface area (TPSA) is 95.9 Å². The van der Waals surface area contributed by atoms with Crippen LogP contribution < -0.4 is 5.32 Å². The van der Waals surface area contributed by atoms with Crippen molar-refractivity contribution in [2.75, 3.05) is 26.0 Å². The maximum atomic E-state index is 11.1. The number of rotatable bonds is 2. The van der Waals surface area contributed by atoms with Crippen molar-refractivity contribution in [1.82, 2.24) is 10.2 Å². The van der Waals surface area contributed by atoms with E-state index in [1.807, 2.05) is 0 Å². The van der Waals surface area contributed by atoms with E-state index in [2.05, 4.69) is 10.1 Å². The number of carbonyl (C=O) groups is 1. The lowest BCUT2D eigenvalue weighted by Crippen LogP contribution is -2.44. The molecule has 0 aromatic carbocycles. The minimum atomic E-state index is -4.09. The Kier molecular flexibility index (Phi) is 3.29. The van der Waals surface area contributed by atoms with Gasteiger partial charge in [-0.2, -0.15) is 8.42 Å². The number of nitrogens with one attached hydrogen (secondary N) is 1. The molecular weight excluding hydrogens is 212 g/mol. The zero-order valence-electron chi connectivity index (χ0n) is 7.63. The van der Waals surface area contributed by atoms with Crippen molar-refractivity contribution in [1.29, 1.82) is 0 Å². The fraction of sp³-hybridized carbons (Fsp3) is 0.833. The number of hydrogen-bond donors (Lipinski definition) is 2. The van der Waals surface area contributed by atoms with E-state index in [0.29, 0.717) is 13.1 Å². The van der Waals surface area contributed by atoms with Crippen LogP contribution in [0.5, 0.6) is 0 Å². The van der Waals surface area contributed by atoms with E-state index in [4.69, 9.17) is 4.55 Å². The van der Waals surface area contributed by atoms with E-state index in [1.54, 1.807) is 0 Å². The van der Waals surface area contributed by atoms with Gasteiger partial charge in [0.2, 0.25) is 0 Å². The van der Waals surface area contributed by atoms with Crippen molar-refractivity contribution in [3.8, 4) is 0 Å². The standard InChI is InChI=1S/C6H12N2O5S/c1-13-6(9)8-3-2-7-5(8)4-14(10,11)12/h5,7H,2-4H2,1H3,(H,10,11,12). The van der Waals surface area contributed by atoms with Gasteiger partial charge >= 0.3 is 6.09 Å². The van der Waals surface area contributed by atoms with Crippen molar-refractivity contribution >= 4 is 16.2 Å². The molecule has 1 unspecified atom stereocenters. The zero-order chi connectivity index (χ0) is 10.8. The summed E-state index contributed by atoms with van der Waals surface area (Å²) in [5.74, 6) is -0.526. The fourth-order valence-corrected chi connectivity index (χ4v) is 2.00. The van der Waals surface area contributed by atoms with Gasteiger partial charge in [-0.1, -0.05) is 0 Å². The van der Waals surface area contributed by atoms with Crippen LogP contribution >= 0.6 is 0 Å². The number of nitrogens with zero attached hydrogens (tertiary/aromatic N) is 1. The molecule has 1 aliphatic heterocycles. The first-order valence-corrected chi connectivity index (χ1v) is 5.58. The monoisotopic (exact) mass is 224 g/mol. The van der Waals surface area contributed by atoms with Gasteiger partial charge in [-0.05, 0) is 0 Å². The van der Waals surface area contributed by atoms with Crippen LogP contribution in [-0.4, -0.2) is 56.1 Å². The molecule has 0 aromatic rings. The Morgan fingerprint density at radius 1 is 1.71 bits per heavy atom. The summed E-state index contributed by atoms with van der Waals surface area (Å²) in [5, 5.41) is 2.76. The quantitative estimate of drug-likeness (QED) is 0.576. The summed E-state index contributed by atoms with van der Waals surface area (Å²) in [6, 6.07) is 0. The second-order valence-corrected chi connectivity index (χ2v) is 4.38. The van der Waals surface area contributed by atoms with E-state index in [-0.39, 0.29) is 0 Å². The van der Waals surface area contributed by atoms with E-state index >= 15 is 0 Å². The summed E-state index contributed by atoms with van der Waals surface area (Å²) in [4.78, 5) is 12.3. The van der Waals surface area contributed by atoms with Gasteiger partial charge in [0.05, 0.1) is 7.11 Å². The summed E-state index contributed by atoms with van der Waals surface area (Å²) in [6.07, 6.45) is -1.32. The van der Waals surface area contributed by atoms with Gasteiger partial charge < -0.3 is 4.74 Å². The van der Waals surface area contributed by atoms with Gasteiger partial charge in [-0.25, -0.2) is 4.79 Å². The van der Waals surface area contributed by atoms with E-state index in [1.165, 1.54) is 12.0 Å². The predicted molar refractivity (Wildman–Crippen MR) is 47.3 cm³/mol. The highest BCUT2D eigenvalue weighted by Crippen LogP contribution is 2.07. The fourth-order valence-electron chi connectivity index (χ4n) is 1.30. The molecule has 82 valence electrons. The van der Waals surface area contributed by atoms with E-state index in [0.717, 1.165) is 0 Å². The molecule has 0 saturated carbocycles. The largest absolute Gasteiger partial charge is 0.453 e. The molecule has 0 aromatic heterocycles. The normalized spacial score (nSPS) is 22.4. The molecule has 1 saturated heterocycles. The van der Waals surface area contributed by atoms with Crippen LogP contribution in [0.1, 0.15) is 0 Å². The highest BCUT2D eigenvalue weighted by molar-refractivity contribution is 7.85. The van der Waals surface area contributed by atoms with Gasteiger partial charge in [-0.15, -0.1) is 0 Å². The van der Waals surface area contributed by atoms with Crippen molar-refractivity contribution < 1.29 is 22.5 Å². The molecule has 7 nitrogen and oxygen atoms in total. The maximum absolute atomic E-state index is 11.1. The van der Waals surface area contributed by atoms with E-state index < -0.39 is 28.1 Å². The van der Waals surface area contributed by atoms with Crippen molar-refractivity contribution in [3.63, 3.8) is 0 Å².